The Balaban J connectivity index is 0.00000115. The largest absolute Gasteiger partial charge is 0.418 e. The van der Waals surface area contributed by atoms with Crippen LogP contribution >= 0.6 is 11.6 Å². The number of nitrogens with one attached hydrogen (secondary N) is 2. The zero-order valence-corrected chi connectivity index (χ0v) is 25.9. The summed E-state index contributed by atoms with van der Waals surface area (Å²) in [7, 11) is 1.18. The highest BCUT2D eigenvalue weighted by Crippen LogP contribution is 2.47. The van der Waals surface area contributed by atoms with Crippen LogP contribution in [0.4, 0.5) is 51.0 Å². The topological polar surface area (TPSA) is 133 Å². The zero-order valence-electron chi connectivity index (χ0n) is 25.2. The molecule has 266 valence electrons. The maximum Gasteiger partial charge on any atom is 0.418 e. The molecular formula is C30H23ClF9N7O3. The molecule has 1 aliphatic rings. The quantitative estimate of drug-likeness (QED) is 0.110. The summed E-state index contributed by atoms with van der Waals surface area (Å²) >= 11 is 6.42. The molecule has 0 saturated heterocycles. The van der Waals surface area contributed by atoms with E-state index in [0.29, 0.717) is 0 Å². The maximum absolute atomic E-state index is 14.6. The lowest BCUT2D eigenvalue weighted by Crippen LogP contribution is -2.30. The van der Waals surface area contributed by atoms with Gasteiger partial charge in [0.2, 0.25) is 5.62 Å². The number of aromatic nitrogens is 4. The third-order valence-electron chi connectivity index (χ3n) is 7.46. The summed E-state index contributed by atoms with van der Waals surface area (Å²) in [5.74, 6) is -2.28. The minimum atomic E-state index is -4.99. The number of aliphatic hydroxyl groups excluding tert-OH is 1. The van der Waals surface area contributed by atoms with Crippen LogP contribution in [0, 0.1) is 11.6 Å². The average Bonchev–Trinajstić information content (AvgIpc) is 3.50. The third-order valence-corrected chi connectivity index (χ3v) is 7.80. The first-order chi connectivity index (χ1) is 23.4. The van der Waals surface area contributed by atoms with E-state index in [2.05, 4.69) is 32.2 Å². The molecule has 1 atom stereocenters. The summed E-state index contributed by atoms with van der Waals surface area (Å²) < 4.78 is 128. The van der Waals surface area contributed by atoms with Gasteiger partial charge in [-0.2, -0.15) is 26.3 Å². The van der Waals surface area contributed by atoms with Crippen LogP contribution in [0.2, 0.25) is 5.02 Å². The molecule has 2 aromatic heterocycles. The zero-order chi connectivity index (χ0) is 36.9. The number of nitrogens with zero attached hydrogens (tertiary/aromatic N) is 5. The number of benzene rings is 3. The van der Waals surface area contributed by atoms with E-state index >= 15 is 0 Å². The Morgan fingerprint density at radius 1 is 1.02 bits per heavy atom. The van der Waals surface area contributed by atoms with E-state index in [1.165, 1.54) is 19.2 Å². The smallest absolute Gasteiger partial charge is 0.374 e. The number of anilines is 2. The summed E-state index contributed by atoms with van der Waals surface area (Å²) in [5, 5.41) is 27.0. The van der Waals surface area contributed by atoms with Gasteiger partial charge in [-0.05, 0) is 36.4 Å². The van der Waals surface area contributed by atoms with E-state index in [4.69, 9.17) is 26.9 Å². The van der Waals surface area contributed by atoms with Gasteiger partial charge in [0.1, 0.15) is 30.3 Å². The van der Waals surface area contributed by atoms with Gasteiger partial charge in [0.25, 0.3) is 6.48 Å². The first-order valence-corrected chi connectivity index (χ1v) is 14.3. The monoisotopic (exact) mass is 735 g/mol. The molecule has 6 rings (SSSR count). The van der Waals surface area contributed by atoms with Gasteiger partial charge in [-0.15, -0.1) is 0 Å². The van der Waals surface area contributed by atoms with Crippen LogP contribution in [0.25, 0.3) is 27.6 Å². The second kappa shape index (κ2) is 13.5. The van der Waals surface area contributed by atoms with Gasteiger partial charge in [-0.1, -0.05) is 18.2 Å². The molecule has 50 heavy (non-hydrogen) atoms. The van der Waals surface area contributed by atoms with Gasteiger partial charge in [-0.25, -0.2) is 23.1 Å². The van der Waals surface area contributed by atoms with Crippen LogP contribution in [-0.4, -0.2) is 54.1 Å². The molecule has 20 heteroatoms. The van der Waals surface area contributed by atoms with Crippen molar-refractivity contribution in [2.75, 3.05) is 12.4 Å². The summed E-state index contributed by atoms with van der Waals surface area (Å²) in [6.07, 6.45) is -8.98. The molecular weight excluding hydrogens is 713 g/mol. The Kier molecular flexibility index (Phi) is 9.81. The highest BCUT2D eigenvalue weighted by atomic mass is 35.5. The fourth-order valence-electron chi connectivity index (χ4n) is 5.77. The van der Waals surface area contributed by atoms with E-state index < -0.39 is 71.9 Å². The molecule has 0 amide bonds. The minimum absolute atomic E-state index is 0.0571. The fourth-order valence-corrected chi connectivity index (χ4v) is 5.99. The van der Waals surface area contributed by atoms with Crippen molar-refractivity contribution in [1.82, 2.24) is 24.4 Å². The third kappa shape index (κ3) is 6.93. The number of rotatable bonds is 5. The molecule has 10 nitrogen and oxygen atoms in total. The number of alkyl halides is 7. The van der Waals surface area contributed by atoms with Crippen LogP contribution in [0.15, 0.2) is 54.3 Å². The Bertz CT molecular complexity index is 2200. The predicted octanol–water partition coefficient (Wildman–Crippen LogP) is 6.01. The highest BCUT2D eigenvalue weighted by Gasteiger charge is 2.38. The molecule has 3 aromatic carbocycles. The normalized spacial score (nSPS) is 15.1. The Morgan fingerprint density at radius 2 is 1.70 bits per heavy atom. The van der Waals surface area contributed by atoms with E-state index in [1.54, 1.807) is 0 Å². The Labute approximate surface area is 279 Å². The van der Waals surface area contributed by atoms with Gasteiger partial charge < -0.3 is 30.5 Å². The lowest BCUT2D eigenvalue weighted by atomic mass is 9.94. The second-order valence-electron chi connectivity index (χ2n) is 10.6. The van der Waals surface area contributed by atoms with Crippen molar-refractivity contribution in [2.24, 2.45) is 4.99 Å². The fraction of sp³-hybridized carbons (Fsp3) is 0.233. The first-order valence-electron chi connectivity index (χ1n) is 13.9. The van der Waals surface area contributed by atoms with Crippen LogP contribution in [0.5, 0.6) is 0 Å². The van der Waals surface area contributed by atoms with Crippen molar-refractivity contribution in [3.8, 4) is 0 Å². The van der Waals surface area contributed by atoms with Crippen molar-refractivity contribution in [3.63, 3.8) is 0 Å². The van der Waals surface area contributed by atoms with Crippen molar-refractivity contribution in [1.29, 1.82) is 0 Å². The minimum Gasteiger partial charge on any atom is -0.374 e. The Morgan fingerprint density at radius 3 is 2.30 bits per heavy atom. The lowest BCUT2D eigenvalue weighted by Gasteiger charge is -2.20. The molecule has 3 heterocycles. The lowest BCUT2D eigenvalue weighted by molar-refractivity contribution is -0.198. The van der Waals surface area contributed by atoms with Gasteiger partial charge >= 0.3 is 12.4 Å². The number of imidazole rings is 1. The predicted molar refractivity (Wildman–Crippen MR) is 162 cm³/mol. The van der Waals surface area contributed by atoms with E-state index in [9.17, 15) is 39.5 Å². The summed E-state index contributed by atoms with van der Waals surface area (Å²) in [5.41, 5.74) is -2.24. The van der Waals surface area contributed by atoms with E-state index in [0.717, 1.165) is 33.7 Å². The van der Waals surface area contributed by atoms with Crippen LogP contribution in [0.1, 0.15) is 28.3 Å². The number of aliphatic hydroxyl groups is 3. The van der Waals surface area contributed by atoms with Crippen molar-refractivity contribution in [2.45, 2.75) is 38.2 Å². The maximum atomic E-state index is 14.6. The van der Waals surface area contributed by atoms with E-state index in [-0.39, 0.29) is 56.0 Å². The standard InChI is InChI=1S/C29H19ClF9N7.CH4O3/c1-12-21-22(24(43-12)15-5-13(32)3-4-18(15)30)19(8-20-25(21)46(10-31)27(40-2)45(20)9-28(34,35)36)44-26-16-6-14(33)7-17(29(37,38)39)23(16)41-11-42-26;2-1(3)4/h3-8,11,24,43H,1,9-10H2,2H3,(H,41,42,44);1-4H. The SMILES string of the molecule is C=C1NC(c2cc(F)ccc2Cl)c2c(Nc3ncnc4c(C(F)(F)F)cc(F)cc34)cc3c(c21)n(CF)c(=NC)n3CC(F)(F)F.OC(O)O. The molecule has 5 N–H and O–H groups in total. The molecule has 5 aromatic rings. The summed E-state index contributed by atoms with van der Waals surface area (Å²) in [6.45, 7) is -1.09. The molecule has 0 fully saturated rings. The molecule has 0 radical (unpaired) electrons. The van der Waals surface area contributed by atoms with Crippen molar-refractivity contribution in [3.05, 3.63) is 93.8 Å². The average molecular weight is 736 g/mol. The number of hydrogen-bond acceptors (Lipinski definition) is 8. The molecule has 1 aliphatic heterocycles. The molecule has 0 saturated carbocycles. The molecule has 1 unspecified atom stereocenters. The molecule has 0 aliphatic carbocycles. The molecule has 0 spiro atoms. The van der Waals surface area contributed by atoms with Gasteiger partial charge in [0.05, 0.1) is 28.2 Å². The van der Waals surface area contributed by atoms with Crippen LogP contribution < -0.4 is 16.3 Å². The van der Waals surface area contributed by atoms with Crippen molar-refractivity contribution < 1.29 is 54.8 Å². The van der Waals surface area contributed by atoms with Gasteiger partial charge in [0.15, 0.2) is 6.80 Å². The van der Waals surface area contributed by atoms with E-state index in [1.807, 2.05) is 0 Å². The summed E-state index contributed by atoms with van der Waals surface area (Å²) in [6, 6.07) is 4.66. The van der Waals surface area contributed by atoms with Gasteiger partial charge in [-0.3, -0.25) is 9.56 Å². The van der Waals surface area contributed by atoms with Crippen molar-refractivity contribution >= 4 is 50.7 Å². The van der Waals surface area contributed by atoms with Crippen LogP contribution in [0.3, 0.4) is 0 Å². The highest BCUT2D eigenvalue weighted by molar-refractivity contribution is 6.31. The van der Waals surface area contributed by atoms with Crippen LogP contribution in [-0.2, 0) is 19.5 Å². The second-order valence-corrected chi connectivity index (χ2v) is 11.0. The number of hydrogen-bond donors (Lipinski definition) is 5. The number of halogens is 10. The summed E-state index contributed by atoms with van der Waals surface area (Å²) in [4.78, 5) is 11.6. The molecule has 0 bridgehead atoms. The Hall–Kier alpha value is -4.85. The van der Waals surface area contributed by atoms with Gasteiger partial charge in [0, 0.05) is 45.5 Å². The first kappa shape index (κ1) is 36.4. The number of fused-ring (bicyclic) bond motifs is 4.